The zero-order chi connectivity index (χ0) is 16.4. The predicted molar refractivity (Wildman–Crippen MR) is 82.2 cm³/mol. The van der Waals surface area contributed by atoms with Crippen LogP contribution in [0.25, 0.3) is 0 Å². The van der Waals surface area contributed by atoms with Gasteiger partial charge in [0.15, 0.2) is 0 Å². The first kappa shape index (κ1) is 15.9. The summed E-state index contributed by atoms with van der Waals surface area (Å²) < 4.78 is 16.1. The van der Waals surface area contributed by atoms with Gasteiger partial charge in [0, 0.05) is 24.9 Å². The first-order valence-corrected chi connectivity index (χ1v) is 8.16. The van der Waals surface area contributed by atoms with Crippen molar-refractivity contribution in [2.24, 2.45) is 17.8 Å². The molecule has 23 heavy (non-hydrogen) atoms. The molecular weight excluding hydrogens is 298 g/mol. The van der Waals surface area contributed by atoms with Crippen molar-refractivity contribution in [1.29, 1.82) is 0 Å². The first-order chi connectivity index (χ1) is 11.1. The summed E-state index contributed by atoms with van der Waals surface area (Å²) >= 11 is 0. The maximum Gasteiger partial charge on any atom is 0.413 e. The third kappa shape index (κ3) is 3.07. The third-order valence-corrected chi connectivity index (χ3v) is 5.05. The topological polar surface area (TPSA) is 65.1 Å². The summed E-state index contributed by atoms with van der Waals surface area (Å²) in [6, 6.07) is 0. The molecule has 0 aromatic heterocycles. The molecule has 1 amide bonds. The second-order valence-corrected chi connectivity index (χ2v) is 6.40. The van der Waals surface area contributed by atoms with Gasteiger partial charge in [-0.1, -0.05) is 19.1 Å². The summed E-state index contributed by atoms with van der Waals surface area (Å²) in [6.07, 6.45) is 7.15. The van der Waals surface area contributed by atoms with E-state index in [1.54, 1.807) is 4.90 Å². The van der Waals surface area contributed by atoms with Crippen LogP contribution in [-0.2, 0) is 19.0 Å². The number of carbonyl (C=O) groups is 2. The molecule has 3 rings (SSSR count). The van der Waals surface area contributed by atoms with Gasteiger partial charge in [0.25, 0.3) is 0 Å². The first-order valence-electron chi connectivity index (χ1n) is 8.16. The molecule has 0 saturated heterocycles. The average Bonchev–Trinajstić information content (AvgIpc) is 2.97. The highest BCUT2D eigenvalue weighted by Gasteiger charge is 2.48. The SMILES string of the molecule is COC(=O)C1=COC(OC(=O)N2CC=CCC2)C2C(C)CCC12. The number of nitrogens with zero attached hydrogens (tertiary/aromatic N) is 1. The fraction of sp³-hybridized carbons (Fsp3) is 0.647. The Morgan fingerprint density at radius 3 is 2.83 bits per heavy atom. The third-order valence-electron chi connectivity index (χ3n) is 5.05. The van der Waals surface area contributed by atoms with Gasteiger partial charge in [0.05, 0.1) is 18.9 Å². The molecule has 1 aliphatic carbocycles. The second kappa shape index (κ2) is 6.64. The van der Waals surface area contributed by atoms with Crippen molar-refractivity contribution < 1.29 is 23.8 Å². The van der Waals surface area contributed by atoms with Gasteiger partial charge in [-0.3, -0.25) is 0 Å². The van der Waals surface area contributed by atoms with Gasteiger partial charge >= 0.3 is 12.1 Å². The molecule has 6 heteroatoms. The lowest BCUT2D eigenvalue weighted by Crippen LogP contribution is -2.43. The van der Waals surface area contributed by atoms with E-state index in [1.165, 1.54) is 13.4 Å². The van der Waals surface area contributed by atoms with Crippen molar-refractivity contribution >= 4 is 12.1 Å². The van der Waals surface area contributed by atoms with Crippen molar-refractivity contribution in [3.8, 4) is 0 Å². The van der Waals surface area contributed by atoms with Crippen molar-refractivity contribution in [3.63, 3.8) is 0 Å². The summed E-state index contributed by atoms with van der Waals surface area (Å²) in [5.41, 5.74) is 0.551. The van der Waals surface area contributed by atoms with Gasteiger partial charge in [0.2, 0.25) is 6.29 Å². The van der Waals surface area contributed by atoms with Gasteiger partial charge in [-0.2, -0.15) is 0 Å². The molecule has 0 aromatic carbocycles. The highest BCUT2D eigenvalue weighted by molar-refractivity contribution is 5.89. The van der Waals surface area contributed by atoms with Gasteiger partial charge in [-0.05, 0) is 25.2 Å². The minimum atomic E-state index is -0.635. The number of hydrogen-bond donors (Lipinski definition) is 0. The van der Waals surface area contributed by atoms with E-state index in [0.29, 0.717) is 24.6 Å². The zero-order valence-electron chi connectivity index (χ0n) is 13.6. The van der Waals surface area contributed by atoms with E-state index in [0.717, 1.165) is 19.3 Å². The Labute approximate surface area is 136 Å². The van der Waals surface area contributed by atoms with E-state index in [9.17, 15) is 9.59 Å². The molecular formula is C17H23NO5. The molecule has 4 atom stereocenters. The van der Waals surface area contributed by atoms with E-state index in [1.807, 2.05) is 6.08 Å². The molecule has 126 valence electrons. The number of rotatable bonds is 2. The van der Waals surface area contributed by atoms with Crippen LogP contribution in [0.3, 0.4) is 0 Å². The fourth-order valence-electron chi connectivity index (χ4n) is 3.77. The lowest BCUT2D eigenvalue weighted by Gasteiger charge is -2.35. The van der Waals surface area contributed by atoms with Crippen LogP contribution in [0.15, 0.2) is 24.0 Å². The van der Waals surface area contributed by atoms with Crippen molar-refractivity contribution in [2.75, 3.05) is 20.2 Å². The van der Waals surface area contributed by atoms with E-state index in [-0.39, 0.29) is 23.9 Å². The standard InChI is InChI=1S/C17H23NO5/c1-11-6-7-12-13(15(19)21-2)10-22-16(14(11)12)23-17(20)18-8-4-3-5-9-18/h3-4,10-12,14,16H,5-9H2,1-2H3. The Hall–Kier alpha value is -1.98. The minimum absolute atomic E-state index is 0.00150. The smallest absolute Gasteiger partial charge is 0.413 e. The Kier molecular flexibility index (Phi) is 4.59. The number of esters is 1. The number of carbonyl (C=O) groups excluding carboxylic acids is 2. The van der Waals surface area contributed by atoms with Crippen molar-refractivity contribution in [2.45, 2.75) is 32.5 Å². The lowest BCUT2D eigenvalue weighted by atomic mass is 9.83. The van der Waals surface area contributed by atoms with Gasteiger partial charge in [-0.15, -0.1) is 0 Å². The molecule has 2 heterocycles. The fourth-order valence-corrected chi connectivity index (χ4v) is 3.77. The highest BCUT2D eigenvalue weighted by atomic mass is 16.7. The Morgan fingerprint density at radius 2 is 2.13 bits per heavy atom. The largest absolute Gasteiger partial charge is 0.466 e. The molecule has 6 nitrogen and oxygen atoms in total. The van der Waals surface area contributed by atoms with E-state index < -0.39 is 6.29 Å². The predicted octanol–water partition coefficient (Wildman–Crippen LogP) is 2.46. The van der Waals surface area contributed by atoms with E-state index in [2.05, 4.69) is 13.0 Å². The Morgan fingerprint density at radius 1 is 1.30 bits per heavy atom. The maximum absolute atomic E-state index is 12.3. The average molecular weight is 321 g/mol. The highest BCUT2D eigenvalue weighted by Crippen LogP contribution is 2.46. The molecule has 1 saturated carbocycles. The van der Waals surface area contributed by atoms with Crippen LogP contribution < -0.4 is 0 Å². The summed E-state index contributed by atoms with van der Waals surface area (Å²) in [5.74, 6) is -0.00362. The van der Waals surface area contributed by atoms with E-state index >= 15 is 0 Å². The molecule has 3 aliphatic rings. The van der Waals surface area contributed by atoms with Gasteiger partial charge in [0.1, 0.15) is 0 Å². The number of fused-ring (bicyclic) bond motifs is 1. The van der Waals surface area contributed by atoms with E-state index in [4.69, 9.17) is 14.2 Å². The van der Waals surface area contributed by atoms with Crippen molar-refractivity contribution in [1.82, 2.24) is 4.90 Å². The van der Waals surface area contributed by atoms with Gasteiger partial charge in [-0.25, -0.2) is 9.59 Å². The molecule has 1 fully saturated rings. The molecule has 0 bridgehead atoms. The quantitative estimate of drug-likeness (QED) is 0.577. The van der Waals surface area contributed by atoms with Gasteiger partial charge < -0.3 is 19.1 Å². The van der Waals surface area contributed by atoms with Crippen LogP contribution in [0, 0.1) is 17.8 Å². The van der Waals surface area contributed by atoms with Crippen molar-refractivity contribution in [3.05, 3.63) is 24.0 Å². The van der Waals surface area contributed by atoms with Crippen LogP contribution in [0.5, 0.6) is 0 Å². The summed E-state index contributed by atoms with van der Waals surface area (Å²) in [4.78, 5) is 25.9. The number of methoxy groups -OCH3 is 1. The van der Waals surface area contributed by atoms with Crippen LogP contribution in [0.4, 0.5) is 4.79 Å². The van der Waals surface area contributed by atoms with Crippen LogP contribution in [0.1, 0.15) is 26.2 Å². The summed E-state index contributed by atoms with van der Waals surface area (Å²) in [7, 11) is 1.37. The molecule has 4 unspecified atom stereocenters. The molecule has 0 aromatic rings. The van der Waals surface area contributed by atoms with Crippen LogP contribution in [-0.4, -0.2) is 43.5 Å². The molecule has 2 aliphatic heterocycles. The number of hydrogen-bond acceptors (Lipinski definition) is 5. The minimum Gasteiger partial charge on any atom is -0.466 e. The Balaban J connectivity index is 1.72. The maximum atomic E-state index is 12.3. The monoisotopic (exact) mass is 321 g/mol. The number of ether oxygens (including phenoxy) is 3. The van der Waals surface area contributed by atoms with Crippen LogP contribution >= 0.6 is 0 Å². The molecule has 0 radical (unpaired) electrons. The lowest BCUT2D eigenvalue weighted by molar-refractivity contribution is -0.147. The Bertz CT molecular complexity index is 541. The number of amides is 1. The summed E-state index contributed by atoms with van der Waals surface area (Å²) in [5, 5.41) is 0. The normalized spacial score (nSPS) is 32.6. The molecule has 0 spiro atoms. The molecule has 0 N–H and O–H groups in total. The summed E-state index contributed by atoms with van der Waals surface area (Å²) in [6.45, 7) is 3.34. The van der Waals surface area contributed by atoms with Crippen LogP contribution in [0.2, 0.25) is 0 Å². The second-order valence-electron chi connectivity index (χ2n) is 6.40. The zero-order valence-corrected chi connectivity index (χ0v) is 13.6.